The Balaban J connectivity index is 2.80. The van der Waals surface area contributed by atoms with Crippen LogP contribution in [0, 0.1) is 0 Å². The highest BCUT2D eigenvalue weighted by atomic mass is 16.4. The van der Waals surface area contributed by atoms with Gasteiger partial charge in [-0.2, -0.15) is 0 Å². The summed E-state index contributed by atoms with van der Waals surface area (Å²) in [6.45, 7) is 1.91. The third-order valence-electron chi connectivity index (χ3n) is 1.23. The molecule has 0 aliphatic rings. The number of nitrogens with two attached hydrogens (primary N) is 1. The first kappa shape index (κ1) is 7.74. The van der Waals surface area contributed by atoms with E-state index < -0.39 is 5.91 Å². The third-order valence-corrected chi connectivity index (χ3v) is 1.23. The van der Waals surface area contributed by atoms with E-state index in [0.29, 0.717) is 12.2 Å². The normalized spacial score (nSPS) is 9.64. The number of nitrogen functional groups attached to an aromatic ring is 1. The van der Waals surface area contributed by atoms with Gasteiger partial charge in [0.1, 0.15) is 5.76 Å². The van der Waals surface area contributed by atoms with E-state index in [9.17, 15) is 4.79 Å². The smallest absolute Gasteiger partial charge is 0.320 e. The number of rotatable bonds is 2. The van der Waals surface area contributed by atoms with Gasteiger partial charge in [-0.3, -0.25) is 10.2 Å². The molecular formula is C6H9N3O2. The van der Waals surface area contributed by atoms with E-state index in [0.717, 1.165) is 0 Å². The Morgan fingerprint density at radius 1 is 1.91 bits per heavy atom. The number of hydrogen-bond acceptors (Lipinski definition) is 4. The van der Waals surface area contributed by atoms with E-state index in [1.54, 1.807) is 0 Å². The Kier molecular flexibility index (Phi) is 2.22. The van der Waals surface area contributed by atoms with Crippen molar-refractivity contribution in [2.45, 2.75) is 13.3 Å². The average molecular weight is 155 g/mol. The minimum atomic E-state index is -0.510. The van der Waals surface area contributed by atoms with Crippen LogP contribution in [0.3, 0.4) is 0 Å². The maximum Gasteiger partial charge on any atom is 0.320 e. The molecule has 5 heteroatoms. The molecule has 0 saturated heterocycles. The monoisotopic (exact) mass is 155 g/mol. The van der Waals surface area contributed by atoms with Crippen LogP contribution in [-0.4, -0.2) is 10.9 Å². The van der Waals surface area contributed by atoms with Crippen LogP contribution in [0.15, 0.2) is 10.6 Å². The molecule has 0 spiro atoms. The first-order valence-electron chi connectivity index (χ1n) is 3.23. The van der Waals surface area contributed by atoms with Gasteiger partial charge in [-0.15, -0.1) is 0 Å². The lowest BCUT2D eigenvalue weighted by atomic mass is 10.4. The van der Waals surface area contributed by atoms with Gasteiger partial charge in [-0.25, -0.2) is 10.8 Å². The Labute approximate surface area is 63.6 Å². The largest absolute Gasteiger partial charge is 0.438 e. The van der Waals surface area contributed by atoms with Gasteiger partial charge in [-0.1, -0.05) is 6.92 Å². The summed E-state index contributed by atoms with van der Waals surface area (Å²) in [5.41, 5.74) is 1.92. The number of oxazole rings is 1. The third kappa shape index (κ3) is 1.56. The number of hydrogen-bond donors (Lipinski definition) is 2. The molecule has 3 N–H and O–H groups in total. The molecule has 5 nitrogen and oxygen atoms in total. The summed E-state index contributed by atoms with van der Waals surface area (Å²) in [6.07, 6.45) is 2.22. The number of aromatic nitrogens is 1. The Hall–Kier alpha value is -1.36. The van der Waals surface area contributed by atoms with E-state index in [4.69, 9.17) is 10.3 Å². The van der Waals surface area contributed by atoms with Crippen molar-refractivity contribution >= 4 is 5.91 Å². The number of amides is 1. The second kappa shape index (κ2) is 3.16. The van der Waals surface area contributed by atoms with Crippen LogP contribution in [0.4, 0.5) is 0 Å². The minimum absolute atomic E-state index is 0.00403. The highest BCUT2D eigenvalue weighted by Gasteiger charge is 2.09. The summed E-state index contributed by atoms with van der Waals surface area (Å²) in [4.78, 5) is 14.4. The van der Waals surface area contributed by atoms with Crippen LogP contribution < -0.4 is 11.3 Å². The maximum absolute atomic E-state index is 10.8. The van der Waals surface area contributed by atoms with E-state index in [-0.39, 0.29) is 5.89 Å². The molecule has 0 unspecified atom stereocenters. The van der Waals surface area contributed by atoms with Crippen molar-refractivity contribution in [3.63, 3.8) is 0 Å². The second-order valence-electron chi connectivity index (χ2n) is 1.96. The van der Waals surface area contributed by atoms with Gasteiger partial charge >= 0.3 is 5.91 Å². The number of nitrogens with zero attached hydrogens (tertiary/aromatic N) is 1. The molecule has 0 radical (unpaired) electrons. The van der Waals surface area contributed by atoms with Crippen LogP contribution in [0.2, 0.25) is 0 Å². The Morgan fingerprint density at radius 2 is 2.64 bits per heavy atom. The highest BCUT2D eigenvalue weighted by Crippen LogP contribution is 2.02. The van der Waals surface area contributed by atoms with Crippen molar-refractivity contribution in [1.82, 2.24) is 10.4 Å². The minimum Gasteiger partial charge on any atom is -0.438 e. The highest BCUT2D eigenvalue weighted by molar-refractivity contribution is 5.88. The molecule has 0 atom stereocenters. The van der Waals surface area contributed by atoms with Gasteiger partial charge in [0.2, 0.25) is 0 Å². The molecule has 1 aromatic rings. The molecule has 0 aromatic carbocycles. The van der Waals surface area contributed by atoms with E-state index in [2.05, 4.69) is 4.98 Å². The number of carbonyl (C=O) groups excluding carboxylic acids is 1. The maximum atomic E-state index is 10.8. The molecule has 1 rings (SSSR count). The fraction of sp³-hybridized carbons (Fsp3) is 0.333. The first-order valence-corrected chi connectivity index (χ1v) is 3.23. The van der Waals surface area contributed by atoms with Crippen LogP contribution in [0.1, 0.15) is 23.4 Å². The zero-order chi connectivity index (χ0) is 8.27. The SMILES string of the molecule is CCc1cnc(C(=O)NN)o1. The molecule has 1 heterocycles. The van der Waals surface area contributed by atoms with Crippen molar-refractivity contribution in [3.8, 4) is 0 Å². The molecule has 0 saturated carbocycles. The molecule has 0 aliphatic carbocycles. The van der Waals surface area contributed by atoms with Gasteiger partial charge in [0.15, 0.2) is 0 Å². The molecule has 1 amide bonds. The zero-order valence-corrected chi connectivity index (χ0v) is 6.13. The second-order valence-corrected chi connectivity index (χ2v) is 1.96. The average Bonchev–Trinajstić information content (AvgIpc) is 2.50. The molecule has 1 aromatic heterocycles. The van der Waals surface area contributed by atoms with Crippen LogP contribution in [0.25, 0.3) is 0 Å². The van der Waals surface area contributed by atoms with E-state index in [1.807, 2.05) is 12.3 Å². The molecular weight excluding hydrogens is 146 g/mol. The molecule has 0 bridgehead atoms. The standard InChI is InChI=1S/C6H9N3O2/c1-2-4-3-8-6(11-4)5(10)9-7/h3H,2,7H2,1H3,(H,9,10). The predicted molar refractivity (Wildman–Crippen MR) is 37.5 cm³/mol. The number of carbonyl (C=O) groups is 1. The van der Waals surface area contributed by atoms with Crippen LogP contribution in [-0.2, 0) is 6.42 Å². The summed E-state index contributed by atoms with van der Waals surface area (Å²) in [7, 11) is 0. The summed E-state index contributed by atoms with van der Waals surface area (Å²) >= 11 is 0. The van der Waals surface area contributed by atoms with Gasteiger partial charge in [0.25, 0.3) is 5.89 Å². The number of nitrogens with one attached hydrogen (secondary N) is 1. The van der Waals surface area contributed by atoms with Crippen molar-refractivity contribution in [2.24, 2.45) is 5.84 Å². The lowest BCUT2D eigenvalue weighted by molar-refractivity contribution is 0.0917. The summed E-state index contributed by atoms with van der Waals surface area (Å²) in [6, 6.07) is 0. The number of aryl methyl sites for hydroxylation is 1. The molecule has 0 aliphatic heterocycles. The lowest BCUT2D eigenvalue weighted by Gasteiger charge is -1.90. The summed E-state index contributed by atoms with van der Waals surface area (Å²) < 4.78 is 4.98. The molecule has 60 valence electrons. The van der Waals surface area contributed by atoms with Crippen molar-refractivity contribution in [1.29, 1.82) is 0 Å². The van der Waals surface area contributed by atoms with Crippen LogP contribution in [0.5, 0.6) is 0 Å². The van der Waals surface area contributed by atoms with Gasteiger partial charge < -0.3 is 4.42 Å². The quantitative estimate of drug-likeness (QED) is 0.353. The summed E-state index contributed by atoms with van der Waals surface area (Å²) in [5.74, 6) is 5.02. The zero-order valence-electron chi connectivity index (χ0n) is 6.13. The van der Waals surface area contributed by atoms with Crippen molar-refractivity contribution in [3.05, 3.63) is 17.8 Å². The fourth-order valence-electron chi connectivity index (χ4n) is 0.638. The van der Waals surface area contributed by atoms with Gasteiger partial charge in [0.05, 0.1) is 6.20 Å². The lowest BCUT2D eigenvalue weighted by Crippen LogP contribution is -2.30. The Bertz CT molecular complexity index is 256. The topological polar surface area (TPSA) is 81.2 Å². The van der Waals surface area contributed by atoms with Gasteiger partial charge in [-0.05, 0) is 0 Å². The fourth-order valence-corrected chi connectivity index (χ4v) is 0.638. The first-order chi connectivity index (χ1) is 5.27. The van der Waals surface area contributed by atoms with Crippen LogP contribution >= 0.6 is 0 Å². The van der Waals surface area contributed by atoms with Crippen molar-refractivity contribution < 1.29 is 9.21 Å². The van der Waals surface area contributed by atoms with E-state index in [1.165, 1.54) is 6.20 Å². The van der Waals surface area contributed by atoms with Gasteiger partial charge in [0, 0.05) is 6.42 Å². The van der Waals surface area contributed by atoms with Crippen molar-refractivity contribution in [2.75, 3.05) is 0 Å². The Morgan fingerprint density at radius 3 is 3.09 bits per heavy atom. The predicted octanol–water partition coefficient (Wildman–Crippen LogP) is -0.160. The summed E-state index contributed by atoms with van der Waals surface area (Å²) in [5, 5.41) is 0. The van der Waals surface area contributed by atoms with E-state index >= 15 is 0 Å². The number of hydrazine groups is 1. The molecule has 0 fully saturated rings. The molecule has 11 heavy (non-hydrogen) atoms.